The number of nitrogens with zero attached hydrogens (tertiary/aromatic N) is 1. The lowest BCUT2D eigenvalue weighted by Crippen LogP contribution is -2.02. The molecule has 0 spiro atoms. The average Bonchev–Trinajstić information content (AvgIpc) is 2.70. The van der Waals surface area contributed by atoms with Gasteiger partial charge in [-0.05, 0) is 49.4 Å². The molecule has 1 aliphatic rings. The highest BCUT2D eigenvalue weighted by Crippen LogP contribution is 2.22. The second-order valence-electron chi connectivity index (χ2n) is 5.07. The van der Waals surface area contributed by atoms with Crippen molar-refractivity contribution in [2.24, 2.45) is 0 Å². The predicted molar refractivity (Wildman–Crippen MR) is 79.1 cm³/mol. The Morgan fingerprint density at radius 2 is 2.32 bits per heavy atom. The van der Waals surface area contributed by atoms with Crippen LogP contribution in [-0.4, -0.2) is 9.97 Å². The number of nitrogens with one attached hydrogen (secondary N) is 2. The molecule has 0 unspecified atom stereocenters. The first-order chi connectivity index (χ1) is 9.31. The smallest absolute Gasteiger partial charge is 0.125 e. The molecule has 0 aliphatic heterocycles. The molecule has 0 saturated heterocycles. The van der Waals surface area contributed by atoms with Crippen LogP contribution in [0.25, 0.3) is 6.08 Å². The third-order valence-electron chi connectivity index (χ3n) is 3.48. The van der Waals surface area contributed by atoms with Gasteiger partial charge in [-0.15, -0.1) is 0 Å². The molecular formula is C16H19N3. The van der Waals surface area contributed by atoms with E-state index in [4.69, 9.17) is 0 Å². The molecule has 3 nitrogen and oxygen atoms in total. The molecule has 0 fully saturated rings. The van der Waals surface area contributed by atoms with Gasteiger partial charge in [-0.3, -0.25) is 0 Å². The van der Waals surface area contributed by atoms with Gasteiger partial charge in [-0.2, -0.15) is 0 Å². The van der Waals surface area contributed by atoms with Crippen LogP contribution in [0.4, 0.5) is 5.69 Å². The molecule has 0 amide bonds. The van der Waals surface area contributed by atoms with Crippen molar-refractivity contribution in [1.29, 1.82) is 0 Å². The highest BCUT2D eigenvalue weighted by Gasteiger charge is 2.05. The number of H-pyrrole nitrogens is 1. The van der Waals surface area contributed by atoms with Crippen molar-refractivity contribution in [3.05, 3.63) is 53.1 Å². The van der Waals surface area contributed by atoms with Crippen molar-refractivity contribution in [3.8, 4) is 0 Å². The number of imidazole rings is 1. The number of fused-ring (bicyclic) bond motifs is 1. The van der Waals surface area contributed by atoms with E-state index >= 15 is 0 Å². The molecule has 19 heavy (non-hydrogen) atoms. The van der Waals surface area contributed by atoms with Crippen LogP contribution in [0.5, 0.6) is 0 Å². The second kappa shape index (κ2) is 5.31. The van der Waals surface area contributed by atoms with Gasteiger partial charge in [-0.25, -0.2) is 4.98 Å². The second-order valence-corrected chi connectivity index (χ2v) is 5.07. The maximum absolute atomic E-state index is 4.30. The van der Waals surface area contributed by atoms with Crippen LogP contribution < -0.4 is 5.32 Å². The van der Waals surface area contributed by atoms with Gasteiger partial charge in [-0.1, -0.05) is 18.2 Å². The number of aryl methyl sites for hydroxylation is 2. The highest BCUT2D eigenvalue weighted by atomic mass is 15.0. The molecule has 98 valence electrons. The number of aromatic amines is 1. The van der Waals surface area contributed by atoms with E-state index in [1.807, 2.05) is 13.1 Å². The molecule has 1 aliphatic carbocycles. The minimum atomic E-state index is 0.732. The van der Waals surface area contributed by atoms with Crippen LogP contribution in [0, 0.1) is 6.92 Å². The Kier molecular flexibility index (Phi) is 3.36. The normalized spacial score (nSPS) is 13.9. The maximum Gasteiger partial charge on any atom is 0.125 e. The van der Waals surface area contributed by atoms with Crippen LogP contribution in [0.3, 0.4) is 0 Å². The Labute approximate surface area is 113 Å². The predicted octanol–water partition coefficient (Wildman–Crippen LogP) is 3.68. The molecule has 0 atom stereocenters. The fourth-order valence-electron chi connectivity index (χ4n) is 2.45. The summed E-state index contributed by atoms with van der Waals surface area (Å²) in [6.45, 7) is 2.75. The van der Waals surface area contributed by atoms with Gasteiger partial charge in [0.2, 0.25) is 0 Å². The zero-order valence-electron chi connectivity index (χ0n) is 11.2. The number of rotatable bonds is 3. The van der Waals surface area contributed by atoms with Crippen molar-refractivity contribution < 1.29 is 0 Å². The molecule has 2 N–H and O–H groups in total. The van der Waals surface area contributed by atoms with E-state index in [1.54, 1.807) is 0 Å². The number of anilines is 1. The van der Waals surface area contributed by atoms with Crippen LogP contribution in [0.15, 0.2) is 30.5 Å². The standard InChI is InChI=1S/C16H19N3/c1-12-10-18-16(19-12)11-17-15-8-7-13-5-3-2-4-6-14(13)9-15/h4,6-10,17H,2-3,5,11H2,1H3,(H,18,19). The van der Waals surface area contributed by atoms with Crippen molar-refractivity contribution in [2.45, 2.75) is 32.7 Å². The van der Waals surface area contributed by atoms with Crippen molar-refractivity contribution in [1.82, 2.24) is 9.97 Å². The monoisotopic (exact) mass is 253 g/mol. The van der Waals surface area contributed by atoms with Gasteiger partial charge in [0.1, 0.15) is 5.82 Å². The quantitative estimate of drug-likeness (QED) is 0.876. The zero-order valence-corrected chi connectivity index (χ0v) is 11.2. The lowest BCUT2D eigenvalue weighted by molar-refractivity contribution is 0.851. The minimum Gasteiger partial charge on any atom is -0.378 e. The molecule has 2 aromatic rings. The average molecular weight is 253 g/mol. The van der Waals surface area contributed by atoms with Crippen LogP contribution >= 0.6 is 0 Å². The largest absolute Gasteiger partial charge is 0.378 e. The lowest BCUT2D eigenvalue weighted by atomic mass is 10.0. The van der Waals surface area contributed by atoms with E-state index in [0.717, 1.165) is 23.8 Å². The molecule has 3 heteroatoms. The topological polar surface area (TPSA) is 40.7 Å². The van der Waals surface area contributed by atoms with Gasteiger partial charge in [0.15, 0.2) is 0 Å². The number of allylic oxidation sites excluding steroid dienone is 1. The molecule has 1 heterocycles. The summed E-state index contributed by atoms with van der Waals surface area (Å²) in [5.41, 5.74) is 5.05. The zero-order chi connectivity index (χ0) is 13.1. The summed E-state index contributed by atoms with van der Waals surface area (Å²) in [5, 5.41) is 3.42. The van der Waals surface area contributed by atoms with Crippen LogP contribution in [0.1, 0.15) is 35.5 Å². The van der Waals surface area contributed by atoms with Gasteiger partial charge >= 0.3 is 0 Å². The summed E-state index contributed by atoms with van der Waals surface area (Å²) in [6.07, 6.45) is 9.98. The maximum atomic E-state index is 4.30. The Hall–Kier alpha value is -2.03. The Balaban J connectivity index is 1.73. The minimum absolute atomic E-state index is 0.732. The molecule has 1 aromatic heterocycles. The first-order valence-electron chi connectivity index (χ1n) is 6.85. The molecule has 0 bridgehead atoms. The lowest BCUT2D eigenvalue weighted by Gasteiger charge is -2.09. The summed E-state index contributed by atoms with van der Waals surface area (Å²) in [6, 6.07) is 6.63. The van der Waals surface area contributed by atoms with E-state index in [0.29, 0.717) is 0 Å². The third-order valence-corrected chi connectivity index (χ3v) is 3.48. The fraction of sp³-hybridized carbons (Fsp3) is 0.312. The molecule has 0 saturated carbocycles. The Morgan fingerprint density at radius 1 is 1.37 bits per heavy atom. The number of hydrogen-bond acceptors (Lipinski definition) is 2. The number of aromatic nitrogens is 2. The molecule has 0 radical (unpaired) electrons. The number of hydrogen-bond donors (Lipinski definition) is 2. The molecule has 3 rings (SSSR count). The summed E-state index contributed by atoms with van der Waals surface area (Å²) in [5.74, 6) is 0.975. The summed E-state index contributed by atoms with van der Waals surface area (Å²) >= 11 is 0. The fourth-order valence-corrected chi connectivity index (χ4v) is 2.45. The van der Waals surface area contributed by atoms with Crippen molar-refractivity contribution >= 4 is 11.8 Å². The molecule has 1 aromatic carbocycles. The first-order valence-corrected chi connectivity index (χ1v) is 6.85. The van der Waals surface area contributed by atoms with E-state index < -0.39 is 0 Å². The van der Waals surface area contributed by atoms with Gasteiger partial charge < -0.3 is 10.3 Å². The van der Waals surface area contributed by atoms with E-state index in [2.05, 4.69) is 45.6 Å². The summed E-state index contributed by atoms with van der Waals surface area (Å²) < 4.78 is 0. The Morgan fingerprint density at radius 3 is 3.16 bits per heavy atom. The SMILES string of the molecule is Cc1cnc(CNc2ccc3c(c2)C=CCCC3)[nH]1. The summed E-state index contributed by atoms with van der Waals surface area (Å²) in [7, 11) is 0. The first kappa shape index (κ1) is 12.0. The number of benzene rings is 1. The van der Waals surface area contributed by atoms with Gasteiger partial charge in [0.25, 0.3) is 0 Å². The van der Waals surface area contributed by atoms with Crippen LogP contribution in [0.2, 0.25) is 0 Å². The van der Waals surface area contributed by atoms with Crippen molar-refractivity contribution in [2.75, 3.05) is 5.32 Å². The van der Waals surface area contributed by atoms with Crippen LogP contribution in [-0.2, 0) is 13.0 Å². The Bertz CT molecular complexity index is 596. The summed E-state index contributed by atoms with van der Waals surface area (Å²) in [4.78, 5) is 7.53. The third kappa shape index (κ3) is 2.87. The van der Waals surface area contributed by atoms with Gasteiger partial charge in [0, 0.05) is 17.6 Å². The van der Waals surface area contributed by atoms with E-state index in [-0.39, 0.29) is 0 Å². The van der Waals surface area contributed by atoms with E-state index in [9.17, 15) is 0 Å². The van der Waals surface area contributed by atoms with E-state index in [1.165, 1.54) is 30.4 Å². The van der Waals surface area contributed by atoms with Crippen molar-refractivity contribution in [3.63, 3.8) is 0 Å². The highest BCUT2D eigenvalue weighted by molar-refractivity contribution is 5.61. The molecular weight excluding hydrogens is 234 g/mol. The van der Waals surface area contributed by atoms with Gasteiger partial charge in [0.05, 0.1) is 6.54 Å².